The molecular weight excluding hydrogens is 350 g/mol. The fraction of sp³-hybridized carbons (Fsp3) is 0.500. The summed E-state index contributed by atoms with van der Waals surface area (Å²) in [6, 6.07) is 7.00. The molecule has 142 valence electrons. The van der Waals surface area contributed by atoms with Crippen LogP contribution in [0, 0.1) is 5.92 Å². The summed E-state index contributed by atoms with van der Waals surface area (Å²) in [4.78, 5) is 12.0. The van der Waals surface area contributed by atoms with Crippen LogP contribution in [0.5, 0.6) is 5.75 Å². The minimum atomic E-state index is -0.219. The third-order valence-corrected chi connectivity index (χ3v) is 4.40. The van der Waals surface area contributed by atoms with Gasteiger partial charge in [-0.15, -0.1) is 10.2 Å². The lowest BCUT2D eigenvalue weighted by Gasteiger charge is -2.12. The second-order valence-electron chi connectivity index (χ2n) is 6.32. The van der Waals surface area contributed by atoms with E-state index in [2.05, 4.69) is 39.2 Å². The Balaban J connectivity index is 1.77. The molecule has 0 saturated carbocycles. The van der Waals surface area contributed by atoms with E-state index < -0.39 is 0 Å². The first-order valence-corrected chi connectivity index (χ1v) is 9.91. The van der Waals surface area contributed by atoms with Crippen LogP contribution in [0.25, 0.3) is 0 Å². The number of carbonyl (C=O) groups is 1. The summed E-state index contributed by atoms with van der Waals surface area (Å²) >= 11 is 1.61. The van der Waals surface area contributed by atoms with E-state index >= 15 is 0 Å². The number of anilines is 1. The minimum Gasteiger partial charge on any atom is -0.497 e. The van der Waals surface area contributed by atoms with Gasteiger partial charge in [0.05, 0.1) is 7.11 Å². The summed E-state index contributed by atoms with van der Waals surface area (Å²) in [6.07, 6.45) is 3.60. The second-order valence-corrected chi connectivity index (χ2v) is 7.09. The number of nitrogens with one attached hydrogen (secondary N) is 2. The zero-order chi connectivity index (χ0) is 18.9. The molecule has 26 heavy (non-hydrogen) atoms. The van der Waals surface area contributed by atoms with Crippen molar-refractivity contribution in [2.75, 3.05) is 25.2 Å². The number of nitrogens with zero attached hydrogens (tertiary/aromatic N) is 3. The number of amides is 2. The van der Waals surface area contributed by atoms with Gasteiger partial charge < -0.3 is 19.9 Å². The number of aromatic nitrogens is 3. The van der Waals surface area contributed by atoms with Gasteiger partial charge in [0.15, 0.2) is 5.16 Å². The van der Waals surface area contributed by atoms with E-state index in [1.165, 1.54) is 0 Å². The van der Waals surface area contributed by atoms with Gasteiger partial charge in [-0.05, 0) is 42.9 Å². The van der Waals surface area contributed by atoms with Crippen molar-refractivity contribution in [1.82, 2.24) is 20.1 Å². The fourth-order valence-electron chi connectivity index (χ4n) is 2.50. The lowest BCUT2D eigenvalue weighted by atomic mass is 10.2. The highest BCUT2D eigenvalue weighted by atomic mass is 32.2. The second kappa shape index (κ2) is 10.1. The molecule has 8 heteroatoms. The molecule has 1 aromatic heterocycles. The number of hydrogen-bond acceptors (Lipinski definition) is 5. The molecule has 1 aromatic carbocycles. The molecular formula is C18H27N5O2S. The Bertz CT molecular complexity index is 700. The van der Waals surface area contributed by atoms with Crippen LogP contribution >= 0.6 is 11.8 Å². The van der Waals surface area contributed by atoms with Gasteiger partial charge in [-0.25, -0.2) is 4.79 Å². The predicted molar refractivity (Wildman–Crippen MR) is 105 cm³/mol. The van der Waals surface area contributed by atoms with E-state index in [0.29, 0.717) is 12.5 Å². The number of hydrogen-bond donors (Lipinski definition) is 2. The molecule has 0 bridgehead atoms. The molecule has 0 spiro atoms. The summed E-state index contributed by atoms with van der Waals surface area (Å²) in [6.45, 7) is 5.84. The van der Waals surface area contributed by atoms with Gasteiger partial charge in [0.2, 0.25) is 0 Å². The van der Waals surface area contributed by atoms with Crippen molar-refractivity contribution in [3.63, 3.8) is 0 Å². The van der Waals surface area contributed by atoms with Crippen molar-refractivity contribution < 1.29 is 9.53 Å². The Morgan fingerprint density at radius 3 is 2.62 bits per heavy atom. The Morgan fingerprint density at radius 2 is 2.00 bits per heavy atom. The molecule has 0 radical (unpaired) electrons. The number of benzene rings is 1. The number of methoxy groups -OCH3 is 1. The lowest BCUT2D eigenvalue weighted by molar-refractivity contribution is 0.252. The summed E-state index contributed by atoms with van der Waals surface area (Å²) in [5.41, 5.74) is 0.726. The smallest absolute Gasteiger partial charge is 0.319 e. The van der Waals surface area contributed by atoms with Gasteiger partial charge >= 0.3 is 6.03 Å². The number of carbonyl (C=O) groups excluding carboxylic acids is 1. The van der Waals surface area contributed by atoms with Crippen LogP contribution in [-0.4, -0.2) is 40.7 Å². The van der Waals surface area contributed by atoms with Crippen LogP contribution < -0.4 is 15.4 Å². The molecule has 0 aliphatic rings. The van der Waals surface area contributed by atoms with Crippen molar-refractivity contribution in [2.24, 2.45) is 5.92 Å². The largest absolute Gasteiger partial charge is 0.497 e. The zero-order valence-electron chi connectivity index (χ0n) is 15.8. The van der Waals surface area contributed by atoms with E-state index in [9.17, 15) is 4.79 Å². The fourth-order valence-corrected chi connectivity index (χ4v) is 3.02. The summed E-state index contributed by atoms with van der Waals surface area (Å²) in [7, 11) is 1.61. The standard InChI is InChI=1S/C18H27N5O2S/c1-13(2)12-23-16(21-22-18(23)26-4)6-5-11-19-17(24)20-14-7-9-15(25-3)10-8-14/h7-10,13H,5-6,11-12H2,1-4H3,(H2,19,20,24). The number of ether oxygens (including phenoxy) is 1. The van der Waals surface area contributed by atoms with Gasteiger partial charge in [0.1, 0.15) is 11.6 Å². The lowest BCUT2D eigenvalue weighted by Crippen LogP contribution is -2.29. The van der Waals surface area contributed by atoms with Crippen LogP contribution in [0.15, 0.2) is 29.4 Å². The summed E-state index contributed by atoms with van der Waals surface area (Å²) < 4.78 is 7.27. The first kappa shape index (κ1) is 20.1. The predicted octanol–water partition coefficient (Wildman–Crippen LogP) is 3.42. The molecule has 1 heterocycles. The van der Waals surface area contributed by atoms with Crippen molar-refractivity contribution in [1.29, 1.82) is 0 Å². The van der Waals surface area contributed by atoms with Crippen LogP contribution in [-0.2, 0) is 13.0 Å². The highest BCUT2D eigenvalue weighted by Crippen LogP contribution is 2.17. The van der Waals surface area contributed by atoms with Crippen molar-refractivity contribution in [2.45, 2.75) is 38.4 Å². The quantitative estimate of drug-likeness (QED) is 0.517. The molecule has 0 fully saturated rings. The van der Waals surface area contributed by atoms with Gasteiger partial charge in [0.25, 0.3) is 0 Å². The Kier molecular flexibility index (Phi) is 7.77. The molecule has 2 rings (SSSR count). The average Bonchev–Trinajstić information content (AvgIpc) is 3.00. The molecule has 0 saturated heterocycles. The van der Waals surface area contributed by atoms with E-state index in [1.807, 2.05) is 6.26 Å². The van der Waals surface area contributed by atoms with Gasteiger partial charge in [-0.1, -0.05) is 25.6 Å². The number of rotatable bonds is 9. The number of urea groups is 1. The molecule has 2 amide bonds. The van der Waals surface area contributed by atoms with Crippen LogP contribution in [0.1, 0.15) is 26.1 Å². The molecule has 0 atom stereocenters. The average molecular weight is 378 g/mol. The highest BCUT2D eigenvalue weighted by molar-refractivity contribution is 7.98. The molecule has 0 unspecified atom stereocenters. The normalized spacial score (nSPS) is 10.8. The molecule has 0 aliphatic heterocycles. The van der Waals surface area contributed by atoms with Crippen LogP contribution in [0.4, 0.5) is 10.5 Å². The first-order chi connectivity index (χ1) is 12.5. The van der Waals surface area contributed by atoms with Gasteiger partial charge in [-0.3, -0.25) is 0 Å². The van der Waals surface area contributed by atoms with Crippen molar-refractivity contribution in [3.8, 4) is 5.75 Å². The maximum atomic E-state index is 12.0. The Morgan fingerprint density at radius 1 is 1.27 bits per heavy atom. The first-order valence-electron chi connectivity index (χ1n) is 8.68. The Hall–Kier alpha value is -2.22. The highest BCUT2D eigenvalue weighted by Gasteiger charge is 2.12. The third kappa shape index (κ3) is 5.94. The van der Waals surface area contributed by atoms with Crippen LogP contribution in [0.3, 0.4) is 0 Å². The molecule has 2 N–H and O–H groups in total. The van der Waals surface area contributed by atoms with E-state index in [4.69, 9.17) is 4.74 Å². The van der Waals surface area contributed by atoms with Crippen molar-refractivity contribution in [3.05, 3.63) is 30.1 Å². The van der Waals surface area contributed by atoms with Crippen molar-refractivity contribution >= 4 is 23.5 Å². The SMILES string of the molecule is COc1ccc(NC(=O)NCCCc2nnc(SC)n2CC(C)C)cc1. The minimum absolute atomic E-state index is 0.219. The molecule has 2 aromatic rings. The zero-order valence-corrected chi connectivity index (χ0v) is 16.6. The summed E-state index contributed by atoms with van der Waals surface area (Å²) in [5, 5.41) is 15.1. The summed E-state index contributed by atoms with van der Waals surface area (Å²) in [5.74, 6) is 2.26. The van der Waals surface area contributed by atoms with Gasteiger partial charge in [-0.2, -0.15) is 0 Å². The third-order valence-electron chi connectivity index (χ3n) is 3.73. The molecule has 7 nitrogen and oxygen atoms in total. The Labute approximate surface area is 158 Å². The maximum absolute atomic E-state index is 12.0. The van der Waals surface area contributed by atoms with E-state index in [-0.39, 0.29) is 6.03 Å². The number of thioether (sulfide) groups is 1. The van der Waals surface area contributed by atoms with Gasteiger partial charge in [0, 0.05) is 25.2 Å². The maximum Gasteiger partial charge on any atom is 0.319 e. The monoisotopic (exact) mass is 377 g/mol. The van der Waals surface area contributed by atoms with Crippen LogP contribution in [0.2, 0.25) is 0 Å². The van der Waals surface area contributed by atoms with E-state index in [0.717, 1.165) is 41.8 Å². The van der Waals surface area contributed by atoms with E-state index in [1.54, 1.807) is 43.1 Å². The molecule has 0 aliphatic carbocycles. The topological polar surface area (TPSA) is 81.1 Å². The number of aryl methyl sites for hydroxylation is 1.